The summed E-state index contributed by atoms with van der Waals surface area (Å²) in [5, 5.41) is 2.96. The summed E-state index contributed by atoms with van der Waals surface area (Å²) >= 11 is 0. The van der Waals surface area contributed by atoms with Crippen molar-refractivity contribution in [2.75, 3.05) is 24.2 Å². The van der Waals surface area contributed by atoms with Crippen molar-refractivity contribution in [1.29, 1.82) is 0 Å². The van der Waals surface area contributed by atoms with Crippen molar-refractivity contribution in [3.63, 3.8) is 0 Å². The minimum Gasteiger partial charge on any atom is -0.497 e. The van der Waals surface area contributed by atoms with Gasteiger partial charge in [-0.3, -0.25) is 13.9 Å². The Morgan fingerprint density at radius 3 is 2.14 bits per heavy atom. The number of carbonyl (C=O) groups is 2. The SMILES string of the molecule is CCc1ccccc1N(CC(=O)N(Cc1ccc(OC)cc1)C(CC)C(=O)NC(C)(C)C)S(C)(=O)=O. The van der Waals surface area contributed by atoms with E-state index in [2.05, 4.69) is 5.32 Å². The fraction of sp³-hybridized carbons (Fsp3) is 0.481. The number of nitrogens with one attached hydrogen (secondary N) is 1. The zero-order valence-electron chi connectivity index (χ0n) is 22.4. The number of hydrogen-bond acceptors (Lipinski definition) is 5. The number of carbonyl (C=O) groups excluding carboxylic acids is 2. The van der Waals surface area contributed by atoms with Gasteiger partial charge in [0.05, 0.1) is 19.1 Å². The van der Waals surface area contributed by atoms with Gasteiger partial charge in [0.15, 0.2) is 0 Å². The van der Waals surface area contributed by atoms with Crippen LogP contribution >= 0.6 is 0 Å². The third kappa shape index (κ3) is 7.98. The number of sulfonamides is 1. The van der Waals surface area contributed by atoms with Crippen LogP contribution in [0.25, 0.3) is 0 Å². The van der Waals surface area contributed by atoms with Crippen molar-refractivity contribution >= 4 is 27.5 Å². The molecule has 9 heteroatoms. The minimum absolute atomic E-state index is 0.145. The Bertz CT molecular complexity index is 1140. The first-order valence-electron chi connectivity index (χ1n) is 12.1. The zero-order chi connectivity index (χ0) is 27.1. The first-order chi connectivity index (χ1) is 16.8. The molecule has 0 aliphatic heterocycles. The van der Waals surface area contributed by atoms with Crippen LogP contribution in [-0.4, -0.2) is 56.6 Å². The Balaban J connectivity index is 2.49. The predicted octanol–water partition coefficient (Wildman–Crippen LogP) is 3.75. The highest BCUT2D eigenvalue weighted by Crippen LogP contribution is 2.24. The number of aryl methyl sites for hydroxylation is 1. The standard InChI is InChI=1S/C27H39N3O5S/c1-8-21-12-10-11-13-24(21)30(36(7,33)34)19-25(31)29(18-20-14-16-22(35-6)17-15-20)23(9-2)26(32)28-27(3,4)5/h10-17,23H,8-9,18-19H2,1-7H3,(H,28,32). The first kappa shape index (κ1) is 29.2. The van der Waals surface area contributed by atoms with Gasteiger partial charge in [0.25, 0.3) is 0 Å². The number of anilines is 1. The molecule has 1 N–H and O–H groups in total. The van der Waals surface area contributed by atoms with Crippen molar-refractivity contribution in [3.05, 3.63) is 59.7 Å². The number of methoxy groups -OCH3 is 1. The maximum Gasteiger partial charge on any atom is 0.244 e. The van der Waals surface area contributed by atoms with Crippen LogP contribution in [-0.2, 0) is 32.6 Å². The van der Waals surface area contributed by atoms with Gasteiger partial charge in [-0.05, 0) is 62.9 Å². The molecule has 1 atom stereocenters. The zero-order valence-corrected chi connectivity index (χ0v) is 23.2. The summed E-state index contributed by atoms with van der Waals surface area (Å²) in [5.41, 5.74) is 1.59. The van der Waals surface area contributed by atoms with E-state index in [1.165, 1.54) is 4.90 Å². The molecule has 36 heavy (non-hydrogen) atoms. The van der Waals surface area contributed by atoms with Gasteiger partial charge in [0, 0.05) is 12.1 Å². The molecule has 2 aromatic carbocycles. The summed E-state index contributed by atoms with van der Waals surface area (Å²) in [6, 6.07) is 13.6. The van der Waals surface area contributed by atoms with E-state index in [1.807, 2.05) is 58.9 Å². The second-order valence-corrected chi connectivity index (χ2v) is 11.7. The largest absolute Gasteiger partial charge is 0.497 e. The molecule has 0 fully saturated rings. The molecular weight excluding hydrogens is 478 g/mol. The summed E-state index contributed by atoms with van der Waals surface area (Å²) < 4.78 is 32.0. The lowest BCUT2D eigenvalue weighted by molar-refractivity contribution is -0.141. The summed E-state index contributed by atoms with van der Waals surface area (Å²) in [4.78, 5) is 28.5. The summed E-state index contributed by atoms with van der Waals surface area (Å²) in [5.74, 6) is -0.0710. The quantitative estimate of drug-likeness (QED) is 0.490. The van der Waals surface area contributed by atoms with E-state index < -0.39 is 34.1 Å². The molecule has 0 aromatic heterocycles. The van der Waals surface area contributed by atoms with Crippen LogP contribution in [0.4, 0.5) is 5.69 Å². The van der Waals surface area contributed by atoms with Crippen molar-refractivity contribution in [2.24, 2.45) is 0 Å². The van der Waals surface area contributed by atoms with Crippen LogP contribution in [0.2, 0.25) is 0 Å². The second kappa shape index (κ2) is 12.3. The molecule has 198 valence electrons. The Kier molecular flexibility index (Phi) is 9.93. The van der Waals surface area contributed by atoms with Gasteiger partial charge < -0.3 is 15.0 Å². The Morgan fingerprint density at radius 2 is 1.64 bits per heavy atom. The normalized spacial score (nSPS) is 12.5. The molecule has 2 aromatic rings. The van der Waals surface area contributed by atoms with Crippen LogP contribution in [0, 0.1) is 0 Å². The van der Waals surface area contributed by atoms with E-state index in [0.29, 0.717) is 24.3 Å². The van der Waals surface area contributed by atoms with E-state index in [1.54, 1.807) is 31.4 Å². The van der Waals surface area contributed by atoms with E-state index in [0.717, 1.165) is 21.7 Å². The Hall–Kier alpha value is -3.07. The average molecular weight is 518 g/mol. The number of rotatable bonds is 11. The lowest BCUT2D eigenvalue weighted by atomic mass is 10.1. The summed E-state index contributed by atoms with van der Waals surface area (Å²) in [6.45, 7) is 9.13. The predicted molar refractivity (Wildman–Crippen MR) is 144 cm³/mol. The van der Waals surface area contributed by atoms with Gasteiger partial charge in [-0.15, -0.1) is 0 Å². The van der Waals surface area contributed by atoms with E-state index in [9.17, 15) is 18.0 Å². The minimum atomic E-state index is -3.77. The molecule has 0 saturated carbocycles. The second-order valence-electron chi connectivity index (χ2n) is 9.78. The van der Waals surface area contributed by atoms with Crippen molar-refractivity contribution in [3.8, 4) is 5.75 Å². The lowest BCUT2D eigenvalue weighted by Crippen LogP contribution is -2.55. The molecule has 8 nitrogen and oxygen atoms in total. The molecule has 0 spiro atoms. The highest BCUT2D eigenvalue weighted by Gasteiger charge is 2.33. The third-order valence-electron chi connectivity index (χ3n) is 5.72. The van der Waals surface area contributed by atoms with Gasteiger partial charge in [-0.25, -0.2) is 8.42 Å². The van der Waals surface area contributed by atoms with Crippen LogP contribution in [0.15, 0.2) is 48.5 Å². The number of para-hydroxylation sites is 1. The van der Waals surface area contributed by atoms with Gasteiger partial charge in [0.2, 0.25) is 21.8 Å². The van der Waals surface area contributed by atoms with Crippen LogP contribution in [0.3, 0.4) is 0 Å². The monoisotopic (exact) mass is 517 g/mol. The van der Waals surface area contributed by atoms with Gasteiger partial charge >= 0.3 is 0 Å². The topological polar surface area (TPSA) is 96.0 Å². The smallest absolute Gasteiger partial charge is 0.244 e. The highest BCUT2D eigenvalue weighted by atomic mass is 32.2. The average Bonchev–Trinajstić information content (AvgIpc) is 2.80. The fourth-order valence-electron chi connectivity index (χ4n) is 3.95. The first-order valence-corrected chi connectivity index (χ1v) is 14.0. The molecule has 0 radical (unpaired) electrons. The van der Waals surface area contributed by atoms with Gasteiger partial charge in [0.1, 0.15) is 18.3 Å². The third-order valence-corrected chi connectivity index (χ3v) is 6.84. The van der Waals surface area contributed by atoms with E-state index in [-0.39, 0.29) is 12.5 Å². The highest BCUT2D eigenvalue weighted by molar-refractivity contribution is 7.92. The number of benzene rings is 2. The molecule has 0 saturated heterocycles. The Labute approximate surface area is 215 Å². The summed E-state index contributed by atoms with van der Waals surface area (Å²) in [7, 11) is -2.20. The number of ether oxygens (including phenoxy) is 1. The molecule has 2 amide bonds. The summed E-state index contributed by atoms with van der Waals surface area (Å²) in [6.07, 6.45) is 2.07. The maximum atomic E-state index is 13.8. The Morgan fingerprint density at radius 1 is 1.03 bits per heavy atom. The van der Waals surface area contributed by atoms with Crippen LogP contribution in [0.5, 0.6) is 5.75 Å². The van der Waals surface area contributed by atoms with Crippen molar-refractivity contribution < 1.29 is 22.7 Å². The van der Waals surface area contributed by atoms with Crippen LogP contribution in [0.1, 0.15) is 52.2 Å². The van der Waals surface area contributed by atoms with Gasteiger partial charge in [-0.1, -0.05) is 44.2 Å². The fourth-order valence-corrected chi connectivity index (χ4v) is 4.83. The maximum absolute atomic E-state index is 13.8. The molecular formula is C27H39N3O5S. The van der Waals surface area contributed by atoms with E-state index in [4.69, 9.17) is 4.74 Å². The van der Waals surface area contributed by atoms with Crippen molar-refractivity contribution in [2.45, 2.75) is 65.6 Å². The molecule has 2 rings (SSSR count). The molecule has 0 aliphatic carbocycles. The van der Waals surface area contributed by atoms with Crippen LogP contribution < -0.4 is 14.4 Å². The number of amides is 2. The molecule has 0 bridgehead atoms. The van der Waals surface area contributed by atoms with Gasteiger partial charge in [-0.2, -0.15) is 0 Å². The number of hydrogen-bond donors (Lipinski definition) is 1. The van der Waals surface area contributed by atoms with E-state index >= 15 is 0 Å². The molecule has 0 heterocycles. The van der Waals surface area contributed by atoms with Crippen molar-refractivity contribution in [1.82, 2.24) is 10.2 Å². The lowest BCUT2D eigenvalue weighted by Gasteiger charge is -2.34. The molecule has 0 aliphatic rings. The number of nitrogens with zero attached hydrogens (tertiary/aromatic N) is 2. The molecule has 1 unspecified atom stereocenters.